The first-order valence-corrected chi connectivity index (χ1v) is 11.4. The summed E-state index contributed by atoms with van der Waals surface area (Å²) in [5, 5.41) is 0. The van der Waals surface area contributed by atoms with Crippen LogP contribution in [-0.4, -0.2) is 23.8 Å². The van der Waals surface area contributed by atoms with Gasteiger partial charge in [-0.2, -0.15) is 0 Å². The van der Waals surface area contributed by atoms with E-state index in [1.54, 1.807) is 35.2 Å². The Balaban J connectivity index is 1.59. The van der Waals surface area contributed by atoms with Gasteiger partial charge in [0.2, 0.25) is 5.91 Å². The van der Waals surface area contributed by atoms with Gasteiger partial charge < -0.3 is 14.2 Å². The minimum absolute atomic E-state index is 0.0694. The highest BCUT2D eigenvalue weighted by Crippen LogP contribution is 2.23. The molecule has 0 atom stereocenters. The van der Waals surface area contributed by atoms with E-state index in [1.165, 1.54) is 18.2 Å². The molecular weight excluding hydrogens is 443 g/mol. The van der Waals surface area contributed by atoms with Crippen LogP contribution in [0.4, 0.5) is 10.1 Å². The van der Waals surface area contributed by atoms with Crippen molar-refractivity contribution in [2.24, 2.45) is 0 Å². The molecule has 0 aliphatic rings. The fraction of sp³-hybridized carbons (Fsp3) is 0.172. The van der Waals surface area contributed by atoms with Crippen molar-refractivity contribution in [3.63, 3.8) is 0 Å². The summed E-state index contributed by atoms with van der Waals surface area (Å²) in [6, 6.07) is 24.6. The number of benzene rings is 3. The topological polar surface area (TPSA) is 53.8 Å². The molecule has 0 bridgehead atoms. The summed E-state index contributed by atoms with van der Waals surface area (Å²) >= 11 is 0. The maximum absolute atomic E-state index is 13.9. The molecule has 5 nitrogen and oxygen atoms in total. The Bertz CT molecular complexity index is 1300. The Morgan fingerprint density at radius 1 is 0.857 bits per heavy atom. The van der Waals surface area contributed by atoms with Crippen molar-refractivity contribution in [3.05, 3.63) is 125 Å². The molecule has 4 aromatic rings. The fourth-order valence-electron chi connectivity index (χ4n) is 3.80. The van der Waals surface area contributed by atoms with Gasteiger partial charge >= 0.3 is 0 Å². The van der Waals surface area contributed by atoms with Gasteiger partial charge in [-0.25, -0.2) is 4.39 Å². The third-order valence-electron chi connectivity index (χ3n) is 5.75. The van der Waals surface area contributed by atoms with E-state index in [1.807, 2.05) is 61.5 Å². The number of carbonyl (C=O) groups excluding carboxylic acids is 2. The lowest BCUT2D eigenvalue weighted by molar-refractivity contribution is -0.129. The average Bonchev–Trinajstić information content (AvgIpc) is 3.36. The van der Waals surface area contributed by atoms with Gasteiger partial charge in [-0.05, 0) is 60.5 Å². The van der Waals surface area contributed by atoms with Crippen molar-refractivity contribution in [2.45, 2.75) is 26.4 Å². The van der Waals surface area contributed by atoms with Gasteiger partial charge in [-0.1, -0.05) is 48.0 Å². The molecule has 0 saturated carbocycles. The van der Waals surface area contributed by atoms with Crippen molar-refractivity contribution in [3.8, 4) is 0 Å². The summed E-state index contributed by atoms with van der Waals surface area (Å²) in [7, 11) is 1.73. The number of amides is 2. The number of anilines is 1. The zero-order valence-electron chi connectivity index (χ0n) is 19.8. The van der Waals surface area contributed by atoms with Crippen LogP contribution in [0.1, 0.15) is 32.8 Å². The molecule has 1 aromatic heterocycles. The van der Waals surface area contributed by atoms with Gasteiger partial charge in [-0.3, -0.25) is 9.59 Å². The number of rotatable bonds is 8. The maximum atomic E-state index is 13.9. The first kappa shape index (κ1) is 24.0. The number of nitrogens with zero attached hydrogens (tertiary/aromatic N) is 2. The van der Waals surface area contributed by atoms with Crippen LogP contribution in [0.25, 0.3) is 0 Å². The molecule has 0 aliphatic heterocycles. The summed E-state index contributed by atoms with van der Waals surface area (Å²) in [4.78, 5) is 29.5. The second kappa shape index (κ2) is 10.8. The van der Waals surface area contributed by atoms with Crippen LogP contribution in [0.15, 0.2) is 95.6 Å². The van der Waals surface area contributed by atoms with E-state index in [9.17, 15) is 14.0 Å². The van der Waals surface area contributed by atoms with Crippen LogP contribution in [0.5, 0.6) is 0 Å². The SMILES string of the molecule is Cc1ccc(CN(C(=O)c2cccc(F)c2)c2cccc(CC(=O)N(C)Cc3ccco3)c2)cc1. The highest BCUT2D eigenvalue weighted by molar-refractivity contribution is 6.06. The first-order chi connectivity index (χ1) is 16.9. The van der Waals surface area contributed by atoms with Crippen molar-refractivity contribution < 1.29 is 18.4 Å². The minimum Gasteiger partial charge on any atom is -0.467 e. The Morgan fingerprint density at radius 2 is 1.63 bits per heavy atom. The third kappa shape index (κ3) is 6.23. The van der Waals surface area contributed by atoms with E-state index in [-0.39, 0.29) is 23.8 Å². The molecule has 2 amide bonds. The van der Waals surface area contributed by atoms with Gasteiger partial charge in [0.05, 0.1) is 25.8 Å². The third-order valence-corrected chi connectivity index (χ3v) is 5.75. The molecule has 0 fully saturated rings. The second-order valence-electron chi connectivity index (χ2n) is 8.56. The van der Waals surface area contributed by atoms with Crippen LogP contribution in [0.3, 0.4) is 0 Å². The van der Waals surface area contributed by atoms with E-state index < -0.39 is 5.82 Å². The van der Waals surface area contributed by atoms with E-state index in [4.69, 9.17) is 4.42 Å². The van der Waals surface area contributed by atoms with Crippen LogP contribution in [-0.2, 0) is 24.3 Å². The van der Waals surface area contributed by atoms with Crippen LogP contribution in [0.2, 0.25) is 0 Å². The predicted molar refractivity (Wildman–Crippen MR) is 133 cm³/mol. The lowest BCUT2D eigenvalue weighted by Gasteiger charge is -2.24. The molecule has 0 aliphatic carbocycles. The molecule has 178 valence electrons. The lowest BCUT2D eigenvalue weighted by Crippen LogP contribution is -2.31. The quantitative estimate of drug-likeness (QED) is 0.328. The van der Waals surface area contributed by atoms with E-state index in [0.29, 0.717) is 24.5 Å². The predicted octanol–water partition coefficient (Wildman–Crippen LogP) is 5.78. The lowest BCUT2D eigenvalue weighted by atomic mass is 10.1. The molecule has 0 spiro atoms. The molecule has 6 heteroatoms. The Hall–Kier alpha value is -4.19. The number of likely N-dealkylation sites (N-methyl/N-ethyl adjacent to an activating group) is 1. The van der Waals surface area contributed by atoms with Gasteiger partial charge in [0, 0.05) is 18.3 Å². The van der Waals surface area contributed by atoms with Crippen LogP contribution < -0.4 is 4.90 Å². The van der Waals surface area contributed by atoms with Crippen molar-refractivity contribution in [2.75, 3.05) is 11.9 Å². The molecule has 0 radical (unpaired) electrons. The van der Waals surface area contributed by atoms with Crippen LogP contribution in [0, 0.1) is 12.7 Å². The van der Waals surface area contributed by atoms with E-state index in [0.717, 1.165) is 16.7 Å². The Labute approximate surface area is 204 Å². The molecule has 35 heavy (non-hydrogen) atoms. The van der Waals surface area contributed by atoms with E-state index >= 15 is 0 Å². The Kier molecular flexibility index (Phi) is 7.41. The summed E-state index contributed by atoms with van der Waals surface area (Å²) in [5.74, 6) is -0.145. The maximum Gasteiger partial charge on any atom is 0.258 e. The molecule has 1 heterocycles. The summed E-state index contributed by atoms with van der Waals surface area (Å²) < 4.78 is 19.2. The van der Waals surface area contributed by atoms with Gasteiger partial charge in [0.15, 0.2) is 0 Å². The number of carbonyl (C=O) groups is 2. The number of hydrogen-bond acceptors (Lipinski definition) is 3. The highest BCUT2D eigenvalue weighted by Gasteiger charge is 2.20. The van der Waals surface area contributed by atoms with Crippen molar-refractivity contribution in [1.29, 1.82) is 0 Å². The van der Waals surface area contributed by atoms with Crippen molar-refractivity contribution in [1.82, 2.24) is 4.90 Å². The summed E-state index contributed by atoms with van der Waals surface area (Å²) in [5.41, 5.74) is 3.74. The van der Waals surface area contributed by atoms with Gasteiger partial charge in [0.25, 0.3) is 5.91 Å². The smallest absolute Gasteiger partial charge is 0.258 e. The second-order valence-corrected chi connectivity index (χ2v) is 8.56. The average molecular weight is 471 g/mol. The number of furan rings is 1. The van der Waals surface area contributed by atoms with Crippen molar-refractivity contribution >= 4 is 17.5 Å². The number of hydrogen-bond donors (Lipinski definition) is 0. The summed E-state index contributed by atoms with van der Waals surface area (Å²) in [6.07, 6.45) is 1.76. The zero-order valence-corrected chi connectivity index (χ0v) is 19.8. The zero-order chi connectivity index (χ0) is 24.8. The minimum atomic E-state index is -0.468. The van der Waals surface area contributed by atoms with Crippen LogP contribution >= 0.6 is 0 Å². The molecule has 4 rings (SSSR count). The van der Waals surface area contributed by atoms with Gasteiger partial charge in [-0.15, -0.1) is 0 Å². The molecule has 0 N–H and O–H groups in total. The number of halogens is 1. The number of aryl methyl sites for hydroxylation is 1. The normalized spacial score (nSPS) is 10.7. The standard InChI is InChI=1S/C29H27FN2O3/c1-21-11-13-22(14-12-21)19-32(29(34)24-7-4-8-25(30)18-24)26-9-3-6-23(16-26)17-28(33)31(2)20-27-10-5-15-35-27/h3-16,18H,17,19-20H2,1-2H3. The fourth-order valence-corrected chi connectivity index (χ4v) is 3.80. The molecule has 3 aromatic carbocycles. The molecular formula is C29H27FN2O3. The summed E-state index contributed by atoms with van der Waals surface area (Å²) in [6.45, 7) is 2.69. The Morgan fingerprint density at radius 3 is 2.34 bits per heavy atom. The molecule has 0 unspecified atom stereocenters. The highest BCUT2D eigenvalue weighted by atomic mass is 19.1. The van der Waals surface area contributed by atoms with E-state index in [2.05, 4.69) is 0 Å². The first-order valence-electron chi connectivity index (χ1n) is 11.4. The van der Waals surface area contributed by atoms with Gasteiger partial charge in [0.1, 0.15) is 11.6 Å². The monoisotopic (exact) mass is 470 g/mol. The largest absolute Gasteiger partial charge is 0.467 e. The molecule has 0 saturated heterocycles.